The number of carbonyl (C=O) groups excluding carboxylic acids is 3. The Labute approximate surface area is 184 Å². The molecule has 1 heterocycles. The number of esters is 2. The van der Waals surface area contributed by atoms with E-state index in [-0.39, 0.29) is 23.3 Å². The first-order valence-electron chi connectivity index (χ1n) is 10.0. The van der Waals surface area contributed by atoms with E-state index in [1.165, 1.54) is 20.3 Å². The number of hydrogen-bond donors (Lipinski definition) is 1. The minimum atomic E-state index is -2.03. The van der Waals surface area contributed by atoms with Crippen molar-refractivity contribution in [2.75, 3.05) is 27.4 Å². The van der Waals surface area contributed by atoms with E-state index in [0.717, 1.165) is 0 Å². The average molecular weight is 434 g/mol. The number of hydrogen-bond acceptors (Lipinski definition) is 7. The lowest BCUT2D eigenvalue weighted by atomic mass is 9.64. The Kier molecular flexibility index (Phi) is 5.54. The first-order valence-corrected chi connectivity index (χ1v) is 10.0. The van der Waals surface area contributed by atoms with E-state index in [1.54, 1.807) is 60.7 Å². The maximum atomic E-state index is 14.1. The Bertz CT molecular complexity index is 1130. The number of ketones is 1. The Balaban J connectivity index is 2.21. The molecule has 0 radical (unpaired) electrons. The molecule has 2 aromatic carbocycles. The van der Waals surface area contributed by atoms with Gasteiger partial charge in [-0.1, -0.05) is 66.7 Å². The highest BCUT2D eigenvalue weighted by Gasteiger charge is 2.76. The third-order valence-electron chi connectivity index (χ3n) is 6.09. The fraction of sp³-hybridized carbons (Fsp3) is 0.240. The smallest absolute Gasteiger partial charge is 0.341 e. The highest BCUT2D eigenvalue weighted by atomic mass is 16.5. The van der Waals surface area contributed by atoms with E-state index in [1.807, 2.05) is 0 Å². The molecule has 0 saturated carbocycles. The lowest BCUT2D eigenvalue weighted by molar-refractivity contribution is -0.161. The van der Waals surface area contributed by atoms with Gasteiger partial charge in [0, 0.05) is 5.57 Å². The summed E-state index contributed by atoms with van der Waals surface area (Å²) in [5.41, 5.74) is -2.51. The standard InChI is InChI=1S/C25H22O7/c1-30-22(28)19-20(16-9-5-3-6-10-16)25(17-11-7-4-8-12-17)24(21(19)27,23(29)31-2)18(13-14-26)15-32-25/h3-13,26H,14-15H2,1-2H3/b18-13+/t24-,25+/m0/s1. The van der Waals surface area contributed by atoms with Gasteiger partial charge in [-0.2, -0.15) is 0 Å². The van der Waals surface area contributed by atoms with Crippen molar-refractivity contribution in [3.63, 3.8) is 0 Å². The zero-order valence-corrected chi connectivity index (χ0v) is 17.7. The topological polar surface area (TPSA) is 99.1 Å². The first-order chi connectivity index (χ1) is 15.5. The van der Waals surface area contributed by atoms with Crippen LogP contribution in [0.25, 0.3) is 5.57 Å². The number of ether oxygens (including phenoxy) is 3. The van der Waals surface area contributed by atoms with E-state index in [2.05, 4.69) is 0 Å². The van der Waals surface area contributed by atoms with E-state index in [4.69, 9.17) is 14.2 Å². The van der Waals surface area contributed by atoms with Crippen LogP contribution in [0.2, 0.25) is 0 Å². The molecule has 2 atom stereocenters. The van der Waals surface area contributed by atoms with Crippen molar-refractivity contribution < 1.29 is 33.7 Å². The molecule has 2 aromatic rings. The molecule has 1 N–H and O–H groups in total. The third kappa shape index (κ3) is 2.65. The van der Waals surface area contributed by atoms with Crippen LogP contribution in [0, 0.1) is 5.41 Å². The van der Waals surface area contributed by atoms with Crippen molar-refractivity contribution >= 4 is 23.3 Å². The molecule has 1 fully saturated rings. The molecular formula is C25H22O7. The molecule has 1 aliphatic heterocycles. The number of fused-ring (bicyclic) bond motifs is 1. The van der Waals surface area contributed by atoms with Gasteiger partial charge < -0.3 is 19.3 Å². The molecule has 0 bridgehead atoms. The van der Waals surface area contributed by atoms with Crippen molar-refractivity contribution in [3.8, 4) is 0 Å². The van der Waals surface area contributed by atoms with Crippen LogP contribution >= 0.6 is 0 Å². The molecule has 0 unspecified atom stereocenters. The van der Waals surface area contributed by atoms with Gasteiger partial charge in [0.2, 0.25) is 0 Å². The number of Topliss-reactive ketones (excluding diaryl/α,β-unsaturated/α-hetero) is 1. The Morgan fingerprint density at radius 3 is 2.22 bits per heavy atom. The fourth-order valence-electron chi connectivity index (χ4n) is 4.88. The number of methoxy groups -OCH3 is 2. The summed E-state index contributed by atoms with van der Waals surface area (Å²) >= 11 is 0. The molecule has 7 heteroatoms. The number of benzene rings is 2. The molecule has 32 heavy (non-hydrogen) atoms. The summed E-state index contributed by atoms with van der Waals surface area (Å²) in [6, 6.07) is 17.6. The molecule has 0 spiro atoms. The second-order valence-electron chi connectivity index (χ2n) is 7.43. The normalized spacial score (nSPS) is 25.7. The number of aliphatic hydroxyl groups excluding tert-OH is 1. The minimum absolute atomic E-state index is 0.110. The zero-order chi connectivity index (χ0) is 22.9. The summed E-state index contributed by atoms with van der Waals surface area (Å²) in [5, 5.41) is 9.66. The minimum Gasteiger partial charge on any atom is -0.468 e. The van der Waals surface area contributed by atoms with Gasteiger partial charge in [-0.05, 0) is 16.7 Å². The fourth-order valence-corrected chi connectivity index (χ4v) is 4.88. The maximum absolute atomic E-state index is 14.1. The SMILES string of the molecule is COC(=O)C1=C(c2ccccc2)[C@@]2(c3ccccc3)OC/C(=C\CO)[C@@]2(C(=O)OC)C1=O. The summed E-state index contributed by atoms with van der Waals surface area (Å²) in [5.74, 6) is -2.54. The van der Waals surface area contributed by atoms with Gasteiger partial charge in [0.1, 0.15) is 11.2 Å². The Morgan fingerprint density at radius 1 is 1.03 bits per heavy atom. The van der Waals surface area contributed by atoms with Gasteiger partial charge in [-0.3, -0.25) is 9.59 Å². The monoisotopic (exact) mass is 434 g/mol. The predicted molar refractivity (Wildman–Crippen MR) is 114 cm³/mol. The number of aliphatic hydroxyl groups is 1. The summed E-state index contributed by atoms with van der Waals surface area (Å²) in [4.78, 5) is 40.5. The molecule has 4 rings (SSSR count). The largest absolute Gasteiger partial charge is 0.468 e. The van der Waals surface area contributed by atoms with E-state index < -0.39 is 35.3 Å². The van der Waals surface area contributed by atoms with E-state index >= 15 is 0 Å². The summed E-state index contributed by atoms with van der Waals surface area (Å²) in [7, 11) is 2.35. The second kappa shape index (κ2) is 8.18. The van der Waals surface area contributed by atoms with Crippen LogP contribution in [0.1, 0.15) is 11.1 Å². The molecule has 0 amide bonds. The van der Waals surface area contributed by atoms with Crippen molar-refractivity contribution in [2.45, 2.75) is 5.60 Å². The van der Waals surface area contributed by atoms with Gasteiger partial charge in [-0.25, -0.2) is 4.79 Å². The highest BCUT2D eigenvalue weighted by Crippen LogP contribution is 2.66. The van der Waals surface area contributed by atoms with Gasteiger partial charge >= 0.3 is 11.9 Å². The first kappa shape index (κ1) is 21.7. The number of carbonyl (C=O) groups is 3. The zero-order valence-electron chi connectivity index (χ0n) is 17.7. The second-order valence-corrected chi connectivity index (χ2v) is 7.43. The van der Waals surface area contributed by atoms with E-state index in [9.17, 15) is 19.5 Å². The van der Waals surface area contributed by atoms with Crippen LogP contribution in [0.15, 0.2) is 77.9 Å². The van der Waals surface area contributed by atoms with Gasteiger partial charge in [-0.15, -0.1) is 0 Å². The van der Waals surface area contributed by atoms with E-state index in [0.29, 0.717) is 11.1 Å². The van der Waals surface area contributed by atoms with Crippen molar-refractivity contribution in [3.05, 3.63) is 89.0 Å². The van der Waals surface area contributed by atoms with Gasteiger partial charge in [0.05, 0.1) is 27.4 Å². The summed E-state index contributed by atoms with van der Waals surface area (Å²) < 4.78 is 16.4. The van der Waals surface area contributed by atoms with Crippen LogP contribution in [-0.2, 0) is 34.2 Å². The molecule has 164 valence electrons. The average Bonchev–Trinajstić information content (AvgIpc) is 3.29. The van der Waals surface area contributed by atoms with Crippen molar-refractivity contribution in [1.29, 1.82) is 0 Å². The number of rotatable bonds is 5. The molecule has 2 aliphatic rings. The van der Waals surface area contributed by atoms with Crippen LogP contribution < -0.4 is 0 Å². The van der Waals surface area contributed by atoms with Crippen LogP contribution in [0.4, 0.5) is 0 Å². The van der Waals surface area contributed by atoms with Gasteiger partial charge in [0.15, 0.2) is 11.2 Å². The maximum Gasteiger partial charge on any atom is 0.341 e. The predicted octanol–water partition coefficient (Wildman–Crippen LogP) is 2.20. The Morgan fingerprint density at radius 2 is 1.66 bits per heavy atom. The molecule has 1 saturated heterocycles. The quantitative estimate of drug-likeness (QED) is 0.333. The van der Waals surface area contributed by atoms with Crippen molar-refractivity contribution in [2.24, 2.45) is 5.41 Å². The van der Waals surface area contributed by atoms with Crippen molar-refractivity contribution in [1.82, 2.24) is 0 Å². The molecular weight excluding hydrogens is 412 g/mol. The Hall–Kier alpha value is -3.55. The lowest BCUT2D eigenvalue weighted by Crippen LogP contribution is -2.51. The third-order valence-corrected chi connectivity index (χ3v) is 6.09. The van der Waals surface area contributed by atoms with Crippen LogP contribution in [0.3, 0.4) is 0 Å². The summed E-state index contributed by atoms with van der Waals surface area (Å²) in [6.07, 6.45) is 1.36. The highest BCUT2D eigenvalue weighted by molar-refractivity contribution is 6.35. The van der Waals surface area contributed by atoms with Gasteiger partial charge in [0.25, 0.3) is 0 Å². The molecule has 1 aliphatic carbocycles. The lowest BCUT2D eigenvalue weighted by Gasteiger charge is -2.38. The van der Waals surface area contributed by atoms with Crippen LogP contribution in [-0.4, -0.2) is 50.3 Å². The summed E-state index contributed by atoms with van der Waals surface area (Å²) in [6.45, 7) is -0.537. The van der Waals surface area contributed by atoms with Crippen LogP contribution in [0.5, 0.6) is 0 Å². The molecule has 0 aromatic heterocycles. The molecule has 7 nitrogen and oxygen atoms in total.